The molecule has 0 atom stereocenters. The van der Waals surface area contributed by atoms with Crippen molar-refractivity contribution < 1.29 is 9.59 Å². The van der Waals surface area contributed by atoms with Crippen LogP contribution in [0.3, 0.4) is 0 Å². The fourth-order valence-corrected chi connectivity index (χ4v) is 2.90. The molecule has 1 aliphatic rings. The van der Waals surface area contributed by atoms with E-state index in [0.29, 0.717) is 10.7 Å². The molecule has 5 heteroatoms. The maximum absolute atomic E-state index is 12.6. The molecule has 1 aromatic carbocycles. The second-order valence-electron chi connectivity index (χ2n) is 6.85. The third kappa shape index (κ3) is 4.47. The summed E-state index contributed by atoms with van der Waals surface area (Å²) in [6, 6.07) is 5.50. The Morgan fingerprint density at radius 2 is 1.78 bits per heavy atom. The Kier molecular flexibility index (Phi) is 5.69. The van der Waals surface area contributed by atoms with E-state index in [1.54, 1.807) is 26.0 Å². The van der Waals surface area contributed by atoms with Gasteiger partial charge in [-0.1, -0.05) is 36.9 Å². The van der Waals surface area contributed by atoms with Crippen molar-refractivity contribution in [2.45, 2.75) is 58.9 Å². The van der Waals surface area contributed by atoms with E-state index in [1.807, 2.05) is 13.0 Å². The maximum Gasteiger partial charge on any atom is 0.239 e. The van der Waals surface area contributed by atoms with Gasteiger partial charge in [-0.3, -0.25) is 9.59 Å². The lowest BCUT2D eigenvalue weighted by Crippen LogP contribution is -2.49. The highest BCUT2D eigenvalue weighted by Crippen LogP contribution is 2.25. The molecule has 0 spiro atoms. The van der Waals surface area contributed by atoms with Gasteiger partial charge >= 0.3 is 0 Å². The summed E-state index contributed by atoms with van der Waals surface area (Å²) in [5.74, 6) is -0.544. The van der Waals surface area contributed by atoms with Crippen LogP contribution in [0.4, 0.5) is 5.69 Å². The largest absolute Gasteiger partial charge is 0.352 e. The maximum atomic E-state index is 12.6. The van der Waals surface area contributed by atoms with E-state index < -0.39 is 5.41 Å². The third-order valence-electron chi connectivity index (χ3n) is 4.52. The summed E-state index contributed by atoms with van der Waals surface area (Å²) in [5, 5.41) is 6.40. The normalized spacial score (nSPS) is 16.0. The summed E-state index contributed by atoms with van der Waals surface area (Å²) in [4.78, 5) is 25.1. The number of carbonyl (C=O) groups is 2. The molecule has 0 aromatic heterocycles. The molecule has 1 saturated carbocycles. The van der Waals surface area contributed by atoms with Gasteiger partial charge < -0.3 is 10.6 Å². The Morgan fingerprint density at radius 3 is 2.43 bits per heavy atom. The van der Waals surface area contributed by atoms with Crippen molar-refractivity contribution in [2.75, 3.05) is 5.32 Å². The first-order valence-corrected chi connectivity index (χ1v) is 8.57. The minimum atomic E-state index is -1.13. The van der Waals surface area contributed by atoms with Crippen molar-refractivity contribution in [2.24, 2.45) is 5.41 Å². The first-order valence-electron chi connectivity index (χ1n) is 8.19. The molecule has 0 unspecified atom stereocenters. The van der Waals surface area contributed by atoms with Crippen LogP contribution in [0.2, 0.25) is 5.02 Å². The standard InChI is InChI=1S/C18H25ClN2O2/c1-12-9-10-13(19)11-15(12)21-17(23)18(2,3)16(22)20-14-7-5-4-6-8-14/h9-11,14H,4-8H2,1-3H3,(H,20,22)(H,21,23). The van der Waals surface area contributed by atoms with Crippen molar-refractivity contribution in [1.82, 2.24) is 5.32 Å². The molecule has 0 saturated heterocycles. The number of rotatable bonds is 4. The highest BCUT2D eigenvalue weighted by Gasteiger charge is 2.37. The number of aryl methyl sites for hydroxylation is 1. The van der Waals surface area contributed by atoms with Crippen molar-refractivity contribution in [3.63, 3.8) is 0 Å². The number of hydrogen-bond donors (Lipinski definition) is 2. The SMILES string of the molecule is Cc1ccc(Cl)cc1NC(=O)C(C)(C)C(=O)NC1CCCCC1. The molecular formula is C18H25ClN2O2. The summed E-state index contributed by atoms with van der Waals surface area (Å²) in [7, 11) is 0. The number of amides is 2. The number of nitrogens with one attached hydrogen (secondary N) is 2. The van der Waals surface area contributed by atoms with Gasteiger partial charge in [0.25, 0.3) is 0 Å². The fraction of sp³-hybridized carbons (Fsp3) is 0.556. The van der Waals surface area contributed by atoms with Crippen LogP contribution in [0.1, 0.15) is 51.5 Å². The fourth-order valence-electron chi connectivity index (χ4n) is 2.72. The van der Waals surface area contributed by atoms with Crippen LogP contribution >= 0.6 is 11.6 Å². The van der Waals surface area contributed by atoms with Crippen molar-refractivity contribution in [3.05, 3.63) is 28.8 Å². The van der Waals surface area contributed by atoms with Gasteiger partial charge in [0.2, 0.25) is 11.8 Å². The zero-order valence-electron chi connectivity index (χ0n) is 14.0. The predicted octanol–water partition coefficient (Wildman–Crippen LogP) is 4.06. The Balaban J connectivity index is 2.03. The van der Waals surface area contributed by atoms with Crippen LogP contribution < -0.4 is 10.6 Å². The summed E-state index contributed by atoms with van der Waals surface area (Å²) in [5.41, 5.74) is 0.416. The van der Waals surface area contributed by atoms with Crippen LogP contribution in [-0.4, -0.2) is 17.9 Å². The molecule has 0 radical (unpaired) electrons. The summed E-state index contributed by atoms with van der Waals surface area (Å²) in [6.45, 7) is 5.20. The van der Waals surface area contributed by atoms with Crippen LogP contribution in [-0.2, 0) is 9.59 Å². The first kappa shape index (κ1) is 17.8. The number of benzene rings is 1. The third-order valence-corrected chi connectivity index (χ3v) is 4.76. The number of carbonyl (C=O) groups excluding carboxylic acids is 2. The predicted molar refractivity (Wildman–Crippen MR) is 93.6 cm³/mol. The molecule has 0 aliphatic heterocycles. The lowest BCUT2D eigenvalue weighted by molar-refractivity contribution is -0.139. The topological polar surface area (TPSA) is 58.2 Å². The van der Waals surface area contributed by atoms with Gasteiger partial charge in [0, 0.05) is 16.8 Å². The van der Waals surface area contributed by atoms with Gasteiger partial charge in [-0.15, -0.1) is 0 Å². The average Bonchev–Trinajstić information content (AvgIpc) is 2.51. The van der Waals surface area contributed by atoms with Gasteiger partial charge in [-0.25, -0.2) is 0 Å². The number of halogens is 1. The molecule has 23 heavy (non-hydrogen) atoms. The molecule has 1 aliphatic carbocycles. The quantitative estimate of drug-likeness (QED) is 0.814. The van der Waals surface area contributed by atoms with Gasteiger partial charge in [0.05, 0.1) is 0 Å². The minimum Gasteiger partial charge on any atom is -0.352 e. The van der Waals surface area contributed by atoms with Crippen molar-refractivity contribution in [3.8, 4) is 0 Å². The van der Waals surface area contributed by atoms with Crippen LogP contribution in [0.15, 0.2) is 18.2 Å². The van der Waals surface area contributed by atoms with Gasteiger partial charge in [-0.2, -0.15) is 0 Å². The van der Waals surface area contributed by atoms with Crippen LogP contribution in [0, 0.1) is 12.3 Å². The second-order valence-corrected chi connectivity index (χ2v) is 7.28. The molecule has 1 aromatic rings. The van der Waals surface area contributed by atoms with Crippen molar-refractivity contribution in [1.29, 1.82) is 0 Å². The molecule has 4 nitrogen and oxygen atoms in total. The smallest absolute Gasteiger partial charge is 0.239 e. The molecule has 2 rings (SSSR count). The molecule has 1 fully saturated rings. The average molecular weight is 337 g/mol. The molecular weight excluding hydrogens is 312 g/mol. The molecule has 2 N–H and O–H groups in total. The summed E-state index contributed by atoms with van der Waals surface area (Å²) < 4.78 is 0. The summed E-state index contributed by atoms with van der Waals surface area (Å²) >= 11 is 5.98. The Labute approximate surface area is 143 Å². The van der Waals surface area contributed by atoms with Crippen LogP contribution in [0.25, 0.3) is 0 Å². The van der Waals surface area contributed by atoms with E-state index in [2.05, 4.69) is 10.6 Å². The Morgan fingerprint density at radius 1 is 1.13 bits per heavy atom. The lowest BCUT2D eigenvalue weighted by Gasteiger charge is -2.28. The number of anilines is 1. The monoisotopic (exact) mass is 336 g/mol. The number of hydrogen-bond acceptors (Lipinski definition) is 2. The van der Waals surface area contributed by atoms with E-state index in [9.17, 15) is 9.59 Å². The van der Waals surface area contributed by atoms with Gasteiger partial charge in [0.1, 0.15) is 5.41 Å². The second kappa shape index (κ2) is 7.35. The van der Waals surface area contributed by atoms with E-state index in [1.165, 1.54) is 6.42 Å². The van der Waals surface area contributed by atoms with Gasteiger partial charge in [0.15, 0.2) is 0 Å². The molecule has 0 bridgehead atoms. The molecule has 2 amide bonds. The lowest BCUT2D eigenvalue weighted by atomic mass is 9.88. The Hall–Kier alpha value is -1.55. The molecule has 126 valence electrons. The summed E-state index contributed by atoms with van der Waals surface area (Å²) in [6.07, 6.45) is 5.50. The zero-order chi connectivity index (χ0) is 17.0. The molecule has 0 heterocycles. The van der Waals surface area contributed by atoms with E-state index in [-0.39, 0.29) is 17.9 Å². The van der Waals surface area contributed by atoms with Crippen LogP contribution in [0.5, 0.6) is 0 Å². The first-order chi connectivity index (χ1) is 10.8. The van der Waals surface area contributed by atoms with E-state index >= 15 is 0 Å². The van der Waals surface area contributed by atoms with E-state index in [4.69, 9.17) is 11.6 Å². The highest BCUT2D eigenvalue weighted by molar-refractivity contribution is 6.31. The van der Waals surface area contributed by atoms with Crippen molar-refractivity contribution >= 4 is 29.1 Å². The van der Waals surface area contributed by atoms with Gasteiger partial charge in [-0.05, 0) is 51.3 Å². The zero-order valence-corrected chi connectivity index (χ0v) is 14.8. The Bertz CT molecular complexity index is 593. The van der Waals surface area contributed by atoms with E-state index in [0.717, 1.165) is 31.2 Å². The highest BCUT2D eigenvalue weighted by atomic mass is 35.5. The minimum absolute atomic E-state index is 0.191.